The van der Waals surface area contributed by atoms with E-state index >= 15 is 0 Å². The van der Waals surface area contributed by atoms with Crippen molar-refractivity contribution in [2.45, 2.75) is 26.7 Å². The average molecular weight is 483 g/mol. The van der Waals surface area contributed by atoms with Crippen LogP contribution in [0.4, 0.5) is 5.82 Å². The molecule has 1 fully saturated rings. The minimum atomic E-state index is 0.0259. The van der Waals surface area contributed by atoms with Crippen LogP contribution in [0.25, 0.3) is 22.8 Å². The Morgan fingerprint density at radius 2 is 2.00 bits per heavy atom. The summed E-state index contributed by atoms with van der Waals surface area (Å²) in [7, 11) is 0. The standard InChI is InChI=1S/C25H31ClN6O2/c1-3-31(4-2)16-13-28-24(33)18-10-14-32(15-11-18)23-21(9-6-12-27-23)25-29-22(30-34-25)19-7-5-8-20(26)17-19/h5-9,12,17-18H,3-4,10-11,13-16H2,1-2H3,(H,28,33). The Balaban J connectivity index is 1.39. The molecule has 0 unspecified atom stereocenters. The molecule has 9 heteroatoms. The summed E-state index contributed by atoms with van der Waals surface area (Å²) in [6.07, 6.45) is 3.33. The number of rotatable bonds is 9. The van der Waals surface area contributed by atoms with Crippen molar-refractivity contribution < 1.29 is 9.32 Å². The van der Waals surface area contributed by atoms with Crippen LogP contribution in [-0.4, -0.2) is 65.2 Å². The predicted octanol–water partition coefficient (Wildman–Crippen LogP) is 4.13. The molecule has 2 aromatic heterocycles. The quantitative estimate of drug-likeness (QED) is 0.490. The molecule has 34 heavy (non-hydrogen) atoms. The van der Waals surface area contributed by atoms with Gasteiger partial charge in [-0.1, -0.05) is 42.7 Å². The second-order valence-corrected chi connectivity index (χ2v) is 8.82. The first-order valence-corrected chi connectivity index (χ1v) is 12.3. The molecule has 8 nitrogen and oxygen atoms in total. The van der Waals surface area contributed by atoms with Gasteiger partial charge in [-0.05, 0) is 50.2 Å². The molecule has 4 rings (SSSR count). The highest BCUT2D eigenvalue weighted by molar-refractivity contribution is 6.30. The first kappa shape index (κ1) is 24.2. The number of halogens is 1. The van der Waals surface area contributed by atoms with Gasteiger partial charge >= 0.3 is 0 Å². The van der Waals surface area contributed by atoms with E-state index in [2.05, 4.69) is 44.1 Å². The Kier molecular flexibility index (Phi) is 8.13. The number of hydrogen-bond acceptors (Lipinski definition) is 7. The van der Waals surface area contributed by atoms with Crippen LogP contribution in [0.15, 0.2) is 47.1 Å². The molecule has 3 heterocycles. The lowest BCUT2D eigenvalue weighted by Crippen LogP contribution is -2.43. The van der Waals surface area contributed by atoms with Gasteiger partial charge in [-0.15, -0.1) is 0 Å². The minimum Gasteiger partial charge on any atom is -0.356 e. The Bertz CT molecular complexity index is 1090. The lowest BCUT2D eigenvalue weighted by Gasteiger charge is -2.33. The molecule has 0 spiro atoms. The molecule has 3 aromatic rings. The summed E-state index contributed by atoms with van der Waals surface area (Å²) in [6, 6.07) is 11.1. The van der Waals surface area contributed by atoms with Crippen molar-refractivity contribution in [3.63, 3.8) is 0 Å². The molecule has 1 aromatic carbocycles. The third-order valence-electron chi connectivity index (χ3n) is 6.31. The average Bonchev–Trinajstić information content (AvgIpc) is 3.37. The third kappa shape index (κ3) is 5.74. The number of amides is 1. The van der Waals surface area contributed by atoms with E-state index in [4.69, 9.17) is 16.1 Å². The molecule has 0 aliphatic carbocycles. The molecule has 1 aliphatic rings. The van der Waals surface area contributed by atoms with E-state index in [-0.39, 0.29) is 11.8 Å². The normalized spacial score (nSPS) is 14.5. The van der Waals surface area contributed by atoms with E-state index in [0.29, 0.717) is 23.3 Å². The van der Waals surface area contributed by atoms with Crippen LogP contribution in [0.1, 0.15) is 26.7 Å². The van der Waals surface area contributed by atoms with Crippen molar-refractivity contribution in [2.24, 2.45) is 5.92 Å². The monoisotopic (exact) mass is 482 g/mol. The molecule has 0 bridgehead atoms. The summed E-state index contributed by atoms with van der Waals surface area (Å²) in [4.78, 5) is 26.3. The number of hydrogen-bond donors (Lipinski definition) is 1. The molecule has 1 saturated heterocycles. The number of nitrogens with zero attached hydrogens (tertiary/aromatic N) is 5. The Labute approximate surface area is 205 Å². The van der Waals surface area contributed by atoms with Crippen LogP contribution in [0, 0.1) is 5.92 Å². The zero-order valence-electron chi connectivity index (χ0n) is 19.7. The number of carbonyl (C=O) groups excluding carboxylic acids is 1. The molecule has 180 valence electrons. The van der Waals surface area contributed by atoms with E-state index in [0.717, 1.165) is 62.5 Å². The molecular weight excluding hydrogens is 452 g/mol. The van der Waals surface area contributed by atoms with Gasteiger partial charge in [-0.3, -0.25) is 4.79 Å². The van der Waals surface area contributed by atoms with E-state index < -0.39 is 0 Å². The first-order valence-electron chi connectivity index (χ1n) is 11.9. The molecule has 0 atom stereocenters. The maximum Gasteiger partial charge on any atom is 0.261 e. The topological polar surface area (TPSA) is 87.4 Å². The predicted molar refractivity (Wildman–Crippen MR) is 134 cm³/mol. The van der Waals surface area contributed by atoms with E-state index in [9.17, 15) is 4.79 Å². The van der Waals surface area contributed by atoms with Gasteiger partial charge in [-0.25, -0.2) is 4.98 Å². The van der Waals surface area contributed by atoms with Crippen LogP contribution >= 0.6 is 11.6 Å². The first-order chi connectivity index (χ1) is 16.6. The molecule has 1 aliphatic heterocycles. The smallest absolute Gasteiger partial charge is 0.261 e. The fourth-order valence-corrected chi connectivity index (χ4v) is 4.46. The summed E-state index contributed by atoms with van der Waals surface area (Å²) in [6.45, 7) is 9.34. The Hall–Kier alpha value is -2.97. The molecule has 1 amide bonds. The second-order valence-electron chi connectivity index (χ2n) is 8.39. The Morgan fingerprint density at radius 3 is 2.74 bits per heavy atom. The van der Waals surface area contributed by atoms with Crippen molar-refractivity contribution >= 4 is 23.3 Å². The van der Waals surface area contributed by atoms with E-state index in [1.54, 1.807) is 18.3 Å². The molecule has 1 N–H and O–H groups in total. The van der Waals surface area contributed by atoms with E-state index in [1.165, 1.54) is 0 Å². The highest BCUT2D eigenvalue weighted by atomic mass is 35.5. The highest BCUT2D eigenvalue weighted by Gasteiger charge is 2.27. The zero-order valence-corrected chi connectivity index (χ0v) is 20.5. The van der Waals surface area contributed by atoms with Gasteiger partial charge in [0.2, 0.25) is 11.7 Å². The number of benzene rings is 1. The summed E-state index contributed by atoms with van der Waals surface area (Å²) in [5.41, 5.74) is 1.58. The Morgan fingerprint density at radius 1 is 1.21 bits per heavy atom. The zero-order chi connectivity index (χ0) is 23.9. The van der Waals surface area contributed by atoms with Gasteiger partial charge < -0.3 is 19.6 Å². The van der Waals surface area contributed by atoms with Gasteiger partial charge in [0.25, 0.3) is 5.89 Å². The number of pyridine rings is 1. The van der Waals surface area contributed by atoms with Crippen molar-refractivity contribution in [1.29, 1.82) is 0 Å². The maximum atomic E-state index is 12.6. The summed E-state index contributed by atoms with van der Waals surface area (Å²) in [5.74, 6) is 1.86. The fraction of sp³-hybridized carbons (Fsp3) is 0.440. The lowest BCUT2D eigenvalue weighted by molar-refractivity contribution is -0.125. The lowest BCUT2D eigenvalue weighted by atomic mass is 9.95. The van der Waals surface area contributed by atoms with Crippen molar-refractivity contribution in [3.8, 4) is 22.8 Å². The SMILES string of the molecule is CCN(CC)CCNC(=O)C1CCN(c2ncccc2-c2nc(-c3cccc(Cl)c3)no2)CC1. The number of nitrogens with one attached hydrogen (secondary N) is 1. The summed E-state index contributed by atoms with van der Waals surface area (Å²) in [5, 5.41) is 7.86. The molecular formula is C25H31ClN6O2. The van der Waals surface area contributed by atoms with Gasteiger partial charge in [0.15, 0.2) is 0 Å². The number of anilines is 1. The summed E-state index contributed by atoms with van der Waals surface area (Å²) >= 11 is 6.10. The number of carbonyl (C=O) groups is 1. The van der Waals surface area contributed by atoms with Gasteiger partial charge in [0.1, 0.15) is 5.82 Å². The minimum absolute atomic E-state index is 0.0259. The van der Waals surface area contributed by atoms with Crippen LogP contribution in [0.5, 0.6) is 0 Å². The van der Waals surface area contributed by atoms with Crippen molar-refractivity contribution in [1.82, 2.24) is 25.3 Å². The van der Waals surface area contributed by atoms with Crippen LogP contribution in [0.3, 0.4) is 0 Å². The molecule has 0 radical (unpaired) electrons. The van der Waals surface area contributed by atoms with Crippen LogP contribution in [0.2, 0.25) is 5.02 Å². The van der Waals surface area contributed by atoms with Gasteiger partial charge in [0, 0.05) is 48.9 Å². The second kappa shape index (κ2) is 11.4. The van der Waals surface area contributed by atoms with Gasteiger partial charge in [0.05, 0.1) is 5.56 Å². The van der Waals surface area contributed by atoms with Crippen LogP contribution in [-0.2, 0) is 4.79 Å². The fourth-order valence-electron chi connectivity index (χ4n) is 4.27. The van der Waals surface area contributed by atoms with Crippen molar-refractivity contribution in [3.05, 3.63) is 47.6 Å². The largest absolute Gasteiger partial charge is 0.356 e. The number of aromatic nitrogens is 3. The number of likely N-dealkylation sites (N-methyl/N-ethyl adjacent to an activating group) is 1. The number of piperidine rings is 1. The van der Waals surface area contributed by atoms with Gasteiger partial charge in [-0.2, -0.15) is 4.98 Å². The molecule has 0 saturated carbocycles. The third-order valence-corrected chi connectivity index (χ3v) is 6.55. The van der Waals surface area contributed by atoms with Crippen LogP contribution < -0.4 is 10.2 Å². The van der Waals surface area contributed by atoms with Crippen molar-refractivity contribution in [2.75, 3.05) is 44.2 Å². The maximum absolute atomic E-state index is 12.6. The van der Waals surface area contributed by atoms with E-state index in [1.807, 2.05) is 24.3 Å². The highest BCUT2D eigenvalue weighted by Crippen LogP contribution is 2.32. The summed E-state index contributed by atoms with van der Waals surface area (Å²) < 4.78 is 5.58.